The van der Waals surface area contributed by atoms with Crippen molar-refractivity contribution in [2.45, 2.75) is 37.8 Å². The highest BCUT2D eigenvalue weighted by Gasteiger charge is 2.23. The zero-order valence-electron chi connectivity index (χ0n) is 15.7. The monoisotopic (exact) mass is 407 g/mol. The van der Waals surface area contributed by atoms with E-state index in [2.05, 4.69) is 25.5 Å². The number of H-pyrrole nitrogens is 1. The zero-order valence-corrected chi connectivity index (χ0v) is 16.5. The van der Waals surface area contributed by atoms with Gasteiger partial charge in [0, 0.05) is 30.1 Å². The van der Waals surface area contributed by atoms with E-state index in [9.17, 15) is 5.11 Å². The Labute approximate surface area is 171 Å². The highest BCUT2D eigenvalue weighted by Crippen LogP contribution is 2.33. The number of thiazole rings is 1. The number of fused-ring (bicyclic) bond motifs is 1. The Balaban J connectivity index is 1.34. The maximum atomic E-state index is 10.2. The summed E-state index contributed by atoms with van der Waals surface area (Å²) in [5.74, 6) is 1.46. The van der Waals surface area contributed by atoms with E-state index < -0.39 is 0 Å². The van der Waals surface area contributed by atoms with Crippen LogP contribution in [0, 0.1) is 0 Å². The van der Waals surface area contributed by atoms with Crippen molar-refractivity contribution in [3.05, 3.63) is 48.9 Å². The van der Waals surface area contributed by atoms with Gasteiger partial charge in [-0.15, -0.1) is 0 Å². The third-order valence-electron chi connectivity index (χ3n) is 5.16. The molecule has 0 aliphatic heterocycles. The predicted molar refractivity (Wildman–Crippen MR) is 113 cm³/mol. The molecule has 148 valence electrons. The smallest absolute Gasteiger partial charge is 0.184 e. The van der Waals surface area contributed by atoms with Crippen LogP contribution in [0.2, 0.25) is 0 Å². The van der Waals surface area contributed by atoms with Crippen LogP contribution in [0.5, 0.6) is 11.5 Å². The molecule has 0 spiro atoms. The molecule has 2 atom stereocenters. The summed E-state index contributed by atoms with van der Waals surface area (Å²) in [4.78, 5) is 9.02. The van der Waals surface area contributed by atoms with E-state index in [1.165, 1.54) is 0 Å². The number of aliphatic hydroxyl groups is 1. The average Bonchev–Trinajstić information content (AvgIpc) is 3.39. The lowest BCUT2D eigenvalue weighted by Crippen LogP contribution is -2.36. The summed E-state index contributed by atoms with van der Waals surface area (Å²) in [6.07, 6.45) is 9.02. The molecular weight excluding hydrogens is 386 g/mol. The lowest BCUT2D eigenvalue weighted by atomic mass is 9.93. The van der Waals surface area contributed by atoms with Gasteiger partial charge in [-0.25, -0.2) is 4.98 Å². The van der Waals surface area contributed by atoms with E-state index in [-0.39, 0.29) is 12.1 Å². The van der Waals surface area contributed by atoms with Crippen molar-refractivity contribution in [1.29, 1.82) is 0 Å². The number of hydrogen-bond donors (Lipinski definition) is 3. The highest BCUT2D eigenvalue weighted by molar-refractivity contribution is 7.22. The second-order valence-electron chi connectivity index (χ2n) is 7.22. The average molecular weight is 407 g/mol. The molecule has 29 heavy (non-hydrogen) atoms. The summed E-state index contributed by atoms with van der Waals surface area (Å²) < 4.78 is 7.09. The van der Waals surface area contributed by atoms with E-state index in [4.69, 9.17) is 4.74 Å². The van der Waals surface area contributed by atoms with E-state index in [1.54, 1.807) is 29.9 Å². The fourth-order valence-corrected chi connectivity index (χ4v) is 4.58. The fraction of sp³-hybridized carbons (Fsp3) is 0.286. The molecule has 1 fully saturated rings. The molecule has 1 aromatic carbocycles. The molecule has 4 aromatic rings. The van der Waals surface area contributed by atoms with Gasteiger partial charge < -0.3 is 15.2 Å². The highest BCUT2D eigenvalue weighted by atomic mass is 32.1. The predicted octanol–water partition coefficient (Wildman–Crippen LogP) is 4.59. The summed E-state index contributed by atoms with van der Waals surface area (Å²) >= 11 is 1.58. The Bertz CT molecular complexity index is 1110. The number of aromatic nitrogens is 4. The maximum absolute atomic E-state index is 10.2. The number of nitrogens with zero attached hydrogens (tertiary/aromatic N) is 3. The molecule has 1 aliphatic rings. The van der Waals surface area contributed by atoms with Crippen molar-refractivity contribution in [3.8, 4) is 22.8 Å². The Hall–Kier alpha value is -2.97. The summed E-state index contributed by atoms with van der Waals surface area (Å²) in [6.45, 7) is 0. The van der Waals surface area contributed by atoms with E-state index in [1.807, 2.05) is 30.3 Å². The van der Waals surface area contributed by atoms with Crippen LogP contribution < -0.4 is 10.1 Å². The zero-order chi connectivity index (χ0) is 19.6. The molecular formula is C21H21N5O2S. The number of anilines is 1. The molecule has 0 saturated heterocycles. The van der Waals surface area contributed by atoms with Gasteiger partial charge in [0.2, 0.25) is 0 Å². The Morgan fingerprint density at radius 2 is 2.03 bits per heavy atom. The van der Waals surface area contributed by atoms with Gasteiger partial charge in [-0.2, -0.15) is 5.10 Å². The van der Waals surface area contributed by atoms with Crippen LogP contribution in [0.25, 0.3) is 21.5 Å². The van der Waals surface area contributed by atoms with Gasteiger partial charge in [0.25, 0.3) is 0 Å². The molecule has 0 radical (unpaired) electrons. The number of aliphatic hydroxyl groups excluding tert-OH is 1. The van der Waals surface area contributed by atoms with Crippen LogP contribution in [0.3, 0.4) is 0 Å². The van der Waals surface area contributed by atoms with Gasteiger partial charge in [-0.05, 0) is 31.0 Å². The molecule has 1 saturated carbocycles. The molecule has 5 rings (SSSR count). The first-order valence-electron chi connectivity index (χ1n) is 9.73. The van der Waals surface area contributed by atoms with Crippen molar-refractivity contribution in [2.75, 3.05) is 5.32 Å². The van der Waals surface area contributed by atoms with Crippen LogP contribution in [0.1, 0.15) is 25.7 Å². The van der Waals surface area contributed by atoms with Gasteiger partial charge in [-0.3, -0.25) is 10.1 Å². The quantitative estimate of drug-likeness (QED) is 0.448. The van der Waals surface area contributed by atoms with Crippen molar-refractivity contribution in [2.24, 2.45) is 0 Å². The first-order chi connectivity index (χ1) is 14.2. The van der Waals surface area contributed by atoms with Crippen LogP contribution >= 0.6 is 11.3 Å². The third kappa shape index (κ3) is 3.94. The van der Waals surface area contributed by atoms with Gasteiger partial charge in [-0.1, -0.05) is 24.2 Å². The van der Waals surface area contributed by atoms with Crippen LogP contribution in [-0.2, 0) is 0 Å². The normalized spacial score (nSPS) is 19.3. The molecule has 0 bridgehead atoms. The number of hydrogen-bond acceptors (Lipinski definition) is 7. The molecule has 8 heteroatoms. The Morgan fingerprint density at radius 3 is 2.90 bits per heavy atom. The molecule has 7 nitrogen and oxygen atoms in total. The molecule has 1 aliphatic carbocycles. The van der Waals surface area contributed by atoms with Gasteiger partial charge >= 0.3 is 0 Å². The minimum atomic E-state index is -0.300. The summed E-state index contributed by atoms with van der Waals surface area (Å²) in [5, 5.41) is 21.2. The SMILES string of the molecule is O[C@@H]1CCCC[C@H]1Nc1nc2ccc(Oc3ccnc(-c4cn[nH]c4)c3)cc2s1. The van der Waals surface area contributed by atoms with Crippen molar-refractivity contribution >= 4 is 26.7 Å². The standard InChI is InChI=1S/C21H21N5O2S/c27-19-4-2-1-3-16(19)25-21-26-17-6-5-14(10-20(17)29-21)28-15-7-8-22-18(9-15)13-11-23-24-12-13/h5-12,16,19,27H,1-4H2,(H,23,24)(H,25,26)/t16-,19-/m1/s1. The molecule has 3 heterocycles. The van der Waals surface area contributed by atoms with E-state index in [0.29, 0.717) is 5.75 Å². The number of rotatable bonds is 5. The number of benzene rings is 1. The second kappa shape index (κ2) is 7.81. The Kier molecular flexibility index (Phi) is 4.87. The Morgan fingerprint density at radius 1 is 1.14 bits per heavy atom. The minimum absolute atomic E-state index is 0.0817. The molecule has 0 amide bonds. The van der Waals surface area contributed by atoms with Gasteiger partial charge in [0.1, 0.15) is 11.5 Å². The van der Waals surface area contributed by atoms with E-state index >= 15 is 0 Å². The summed E-state index contributed by atoms with van der Waals surface area (Å²) in [5.41, 5.74) is 2.63. The second-order valence-corrected chi connectivity index (χ2v) is 8.25. The van der Waals surface area contributed by atoms with Gasteiger partial charge in [0.15, 0.2) is 5.13 Å². The largest absolute Gasteiger partial charge is 0.457 e. The first-order valence-corrected chi connectivity index (χ1v) is 10.5. The first kappa shape index (κ1) is 18.1. The number of ether oxygens (including phenoxy) is 1. The lowest BCUT2D eigenvalue weighted by molar-refractivity contribution is 0.116. The third-order valence-corrected chi connectivity index (χ3v) is 6.11. The number of aromatic amines is 1. The van der Waals surface area contributed by atoms with Crippen molar-refractivity contribution in [3.63, 3.8) is 0 Å². The topological polar surface area (TPSA) is 95.9 Å². The van der Waals surface area contributed by atoms with Gasteiger partial charge in [0.05, 0.1) is 34.3 Å². The number of nitrogens with one attached hydrogen (secondary N) is 2. The minimum Gasteiger partial charge on any atom is -0.457 e. The maximum Gasteiger partial charge on any atom is 0.184 e. The van der Waals surface area contributed by atoms with Crippen molar-refractivity contribution in [1.82, 2.24) is 20.2 Å². The molecule has 3 aromatic heterocycles. The number of pyridine rings is 1. The van der Waals surface area contributed by atoms with Crippen LogP contribution in [0.4, 0.5) is 5.13 Å². The van der Waals surface area contributed by atoms with Crippen LogP contribution in [-0.4, -0.2) is 37.4 Å². The lowest BCUT2D eigenvalue weighted by Gasteiger charge is -2.27. The molecule has 3 N–H and O–H groups in total. The van der Waals surface area contributed by atoms with Crippen LogP contribution in [0.15, 0.2) is 48.9 Å². The van der Waals surface area contributed by atoms with E-state index in [0.717, 1.165) is 58.0 Å². The van der Waals surface area contributed by atoms with Crippen molar-refractivity contribution < 1.29 is 9.84 Å². The summed E-state index contributed by atoms with van der Waals surface area (Å²) in [7, 11) is 0. The summed E-state index contributed by atoms with van der Waals surface area (Å²) in [6, 6.07) is 9.67. The molecule has 0 unspecified atom stereocenters. The fourth-order valence-electron chi connectivity index (χ4n) is 3.63.